The molecule has 1 aliphatic rings. The van der Waals surface area contributed by atoms with Gasteiger partial charge < -0.3 is 20.3 Å². The van der Waals surface area contributed by atoms with Crippen molar-refractivity contribution < 1.29 is 14.3 Å². The first kappa shape index (κ1) is 14.2. The Kier molecular flexibility index (Phi) is 4.12. The number of likely N-dealkylation sites (N-methyl/N-ethyl adjacent to an activating group) is 1. The first-order valence-electron chi connectivity index (χ1n) is 6.58. The second-order valence-corrected chi connectivity index (χ2v) is 4.73. The molecule has 0 aromatic heterocycles. The average Bonchev–Trinajstić information content (AvgIpc) is 2.42. The van der Waals surface area contributed by atoms with Crippen LogP contribution in [0, 0.1) is 0 Å². The lowest BCUT2D eigenvalue weighted by Crippen LogP contribution is -2.49. The van der Waals surface area contributed by atoms with E-state index < -0.39 is 5.97 Å². The van der Waals surface area contributed by atoms with Crippen molar-refractivity contribution in [3.63, 3.8) is 0 Å². The lowest BCUT2D eigenvalue weighted by molar-refractivity contribution is -0.129. The average molecular weight is 277 g/mol. The van der Waals surface area contributed by atoms with Crippen LogP contribution in [0.3, 0.4) is 0 Å². The number of rotatable bonds is 3. The first-order chi connectivity index (χ1) is 9.52. The maximum atomic E-state index is 12.0. The summed E-state index contributed by atoms with van der Waals surface area (Å²) in [6.45, 7) is 3.62. The molecular weight excluding hydrogens is 258 g/mol. The van der Waals surface area contributed by atoms with Gasteiger partial charge >= 0.3 is 5.97 Å². The van der Waals surface area contributed by atoms with Crippen LogP contribution in [0.5, 0.6) is 0 Å². The number of nitrogens with two attached hydrogens (primary N) is 1. The Morgan fingerprint density at radius 1 is 1.40 bits per heavy atom. The lowest BCUT2D eigenvalue weighted by atomic mass is 10.1. The molecule has 1 aliphatic heterocycles. The smallest absolute Gasteiger partial charge is 0.340 e. The summed E-state index contributed by atoms with van der Waals surface area (Å²) in [6, 6.07) is 5.08. The van der Waals surface area contributed by atoms with Crippen molar-refractivity contribution in [2.45, 2.75) is 6.92 Å². The molecule has 1 saturated heterocycles. The fourth-order valence-corrected chi connectivity index (χ4v) is 2.17. The Labute approximate surface area is 118 Å². The summed E-state index contributed by atoms with van der Waals surface area (Å²) in [5, 5.41) is 0. The molecular formula is C14H19N3O3. The molecule has 0 spiro atoms. The van der Waals surface area contributed by atoms with E-state index in [1.807, 2.05) is 4.90 Å². The molecule has 1 fully saturated rings. The van der Waals surface area contributed by atoms with Crippen LogP contribution in [0.15, 0.2) is 18.2 Å². The van der Waals surface area contributed by atoms with Gasteiger partial charge in [-0.25, -0.2) is 4.79 Å². The molecule has 0 bridgehead atoms. The number of benzene rings is 1. The van der Waals surface area contributed by atoms with Crippen LogP contribution in [0.25, 0.3) is 0 Å². The number of carbonyl (C=O) groups excluding carboxylic acids is 2. The molecule has 6 heteroatoms. The number of hydrogen-bond donors (Lipinski definition) is 1. The highest BCUT2D eigenvalue weighted by Gasteiger charge is 2.25. The van der Waals surface area contributed by atoms with Gasteiger partial charge in [-0.2, -0.15) is 0 Å². The van der Waals surface area contributed by atoms with Gasteiger partial charge in [0.25, 0.3) is 0 Å². The third-order valence-electron chi connectivity index (χ3n) is 3.31. The molecule has 1 heterocycles. The molecule has 2 N–H and O–H groups in total. The third-order valence-corrected chi connectivity index (χ3v) is 3.31. The standard InChI is InChI=1S/C14H19N3O3/c1-3-20-14(19)11-8-10(15)4-5-12(11)17-7-6-16(2)13(18)9-17/h4-5,8H,3,6-7,9,15H2,1-2H3. The molecule has 0 saturated carbocycles. The predicted molar refractivity (Wildman–Crippen MR) is 76.7 cm³/mol. The van der Waals surface area contributed by atoms with E-state index in [0.29, 0.717) is 36.6 Å². The molecule has 1 amide bonds. The van der Waals surface area contributed by atoms with Gasteiger partial charge in [-0.15, -0.1) is 0 Å². The van der Waals surface area contributed by atoms with Crippen molar-refractivity contribution in [2.24, 2.45) is 0 Å². The fraction of sp³-hybridized carbons (Fsp3) is 0.429. The zero-order valence-corrected chi connectivity index (χ0v) is 11.8. The predicted octanol–water partition coefficient (Wildman–Crippen LogP) is 0.724. The Bertz CT molecular complexity index is 530. The van der Waals surface area contributed by atoms with Gasteiger partial charge in [-0.3, -0.25) is 4.79 Å². The molecule has 6 nitrogen and oxygen atoms in total. The zero-order chi connectivity index (χ0) is 14.7. The number of anilines is 2. The SMILES string of the molecule is CCOC(=O)c1cc(N)ccc1N1CCN(C)C(=O)C1. The van der Waals surface area contributed by atoms with Crippen molar-refractivity contribution in [3.05, 3.63) is 23.8 Å². The maximum absolute atomic E-state index is 12.0. The third kappa shape index (κ3) is 2.84. The number of esters is 1. The molecule has 20 heavy (non-hydrogen) atoms. The van der Waals surface area contributed by atoms with E-state index >= 15 is 0 Å². The van der Waals surface area contributed by atoms with Crippen molar-refractivity contribution in [3.8, 4) is 0 Å². The van der Waals surface area contributed by atoms with Gasteiger partial charge in [-0.05, 0) is 25.1 Å². The van der Waals surface area contributed by atoms with E-state index in [1.54, 1.807) is 37.1 Å². The minimum Gasteiger partial charge on any atom is -0.462 e. The van der Waals surface area contributed by atoms with E-state index in [-0.39, 0.29) is 12.5 Å². The molecule has 108 valence electrons. The van der Waals surface area contributed by atoms with E-state index in [4.69, 9.17) is 10.5 Å². The Morgan fingerprint density at radius 3 is 2.80 bits per heavy atom. The lowest BCUT2D eigenvalue weighted by Gasteiger charge is -2.34. The summed E-state index contributed by atoms with van der Waals surface area (Å²) in [5.41, 5.74) is 7.34. The summed E-state index contributed by atoms with van der Waals surface area (Å²) in [5.74, 6) is -0.385. The summed E-state index contributed by atoms with van der Waals surface area (Å²) in [6.07, 6.45) is 0. The van der Waals surface area contributed by atoms with E-state index in [9.17, 15) is 9.59 Å². The number of hydrogen-bond acceptors (Lipinski definition) is 5. The van der Waals surface area contributed by atoms with Gasteiger partial charge in [0, 0.05) is 25.8 Å². The van der Waals surface area contributed by atoms with Crippen LogP contribution in [0.4, 0.5) is 11.4 Å². The molecule has 0 atom stereocenters. The molecule has 1 aromatic carbocycles. The van der Waals surface area contributed by atoms with Crippen molar-refractivity contribution in [2.75, 3.05) is 43.9 Å². The molecule has 2 rings (SSSR count). The zero-order valence-electron chi connectivity index (χ0n) is 11.8. The molecule has 0 radical (unpaired) electrons. The van der Waals surface area contributed by atoms with Crippen LogP contribution in [-0.2, 0) is 9.53 Å². The number of nitrogens with zero attached hydrogens (tertiary/aromatic N) is 2. The molecule has 0 unspecified atom stereocenters. The molecule has 1 aromatic rings. The first-order valence-corrected chi connectivity index (χ1v) is 6.58. The number of nitrogen functional groups attached to an aromatic ring is 1. The van der Waals surface area contributed by atoms with Gasteiger partial charge in [0.1, 0.15) is 0 Å². The van der Waals surface area contributed by atoms with Crippen LogP contribution >= 0.6 is 0 Å². The highest BCUT2D eigenvalue weighted by Crippen LogP contribution is 2.25. The van der Waals surface area contributed by atoms with Crippen LogP contribution in [-0.4, -0.2) is 50.1 Å². The van der Waals surface area contributed by atoms with Crippen LogP contribution in [0.2, 0.25) is 0 Å². The Morgan fingerprint density at radius 2 is 2.15 bits per heavy atom. The Balaban J connectivity index is 2.31. The van der Waals surface area contributed by atoms with Crippen molar-refractivity contribution in [1.82, 2.24) is 4.90 Å². The van der Waals surface area contributed by atoms with Crippen molar-refractivity contribution >= 4 is 23.3 Å². The second-order valence-electron chi connectivity index (χ2n) is 4.73. The second kappa shape index (κ2) is 5.81. The normalized spacial score (nSPS) is 15.4. The number of carbonyl (C=O) groups is 2. The van der Waals surface area contributed by atoms with Crippen LogP contribution < -0.4 is 10.6 Å². The monoisotopic (exact) mass is 277 g/mol. The summed E-state index contributed by atoms with van der Waals surface area (Å²) in [7, 11) is 1.77. The van der Waals surface area contributed by atoms with Gasteiger partial charge in [0.2, 0.25) is 5.91 Å². The highest BCUT2D eigenvalue weighted by atomic mass is 16.5. The van der Waals surface area contributed by atoms with Gasteiger partial charge in [0.05, 0.1) is 24.4 Å². The minimum atomic E-state index is -0.416. The van der Waals surface area contributed by atoms with E-state index in [1.165, 1.54) is 0 Å². The Hall–Kier alpha value is -2.24. The topological polar surface area (TPSA) is 75.9 Å². The minimum absolute atomic E-state index is 0.0304. The number of amides is 1. The summed E-state index contributed by atoms with van der Waals surface area (Å²) in [4.78, 5) is 27.4. The maximum Gasteiger partial charge on any atom is 0.340 e. The number of piperazine rings is 1. The fourth-order valence-electron chi connectivity index (χ4n) is 2.17. The largest absolute Gasteiger partial charge is 0.462 e. The van der Waals surface area contributed by atoms with E-state index in [0.717, 1.165) is 0 Å². The molecule has 0 aliphatic carbocycles. The summed E-state index contributed by atoms with van der Waals surface area (Å²) < 4.78 is 5.05. The van der Waals surface area contributed by atoms with Crippen molar-refractivity contribution in [1.29, 1.82) is 0 Å². The van der Waals surface area contributed by atoms with Gasteiger partial charge in [-0.1, -0.05) is 0 Å². The quantitative estimate of drug-likeness (QED) is 0.651. The van der Waals surface area contributed by atoms with Crippen LogP contribution in [0.1, 0.15) is 17.3 Å². The highest BCUT2D eigenvalue weighted by molar-refractivity contribution is 5.98. The summed E-state index contributed by atoms with van der Waals surface area (Å²) >= 11 is 0. The number of ether oxygens (including phenoxy) is 1. The van der Waals surface area contributed by atoms with E-state index in [2.05, 4.69) is 0 Å². The van der Waals surface area contributed by atoms with Gasteiger partial charge in [0.15, 0.2) is 0 Å².